The normalized spacial score (nSPS) is 17.4. The molecule has 0 radical (unpaired) electrons. The van der Waals surface area contributed by atoms with E-state index in [1.807, 2.05) is 54.6 Å². The van der Waals surface area contributed by atoms with E-state index in [1.54, 1.807) is 4.90 Å². The Morgan fingerprint density at radius 1 is 1.08 bits per heavy atom. The van der Waals surface area contributed by atoms with Crippen molar-refractivity contribution in [2.24, 2.45) is 5.92 Å². The zero-order valence-corrected chi connectivity index (χ0v) is 15.6. The first-order valence-corrected chi connectivity index (χ1v) is 8.97. The van der Waals surface area contributed by atoms with Crippen LogP contribution in [0.2, 0.25) is 0 Å². The fourth-order valence-corrected chi connectivity index (χ4v) is 3.11. The van der Waals surface area contributed by atoms with Crippen molar-refractivity contribution in [2.45, 2.75) is 39.2 Å². The maximum absolute atomic E-state index is 12.4. The zero-order chi connectivity index (χ0) is 18.7. The highest BCUT2D eigenvalue weighted by molar-refractivity contribution is 5.87. The lowest BCUT2D eigenvalue weighted by atomic mass is 9.87. The summed E-state index contributed by atoms with van der Waals surface area (Å²) >= 11 is 0. The first kappa shape index (κ1) is 18.2. The van der Waals surface area contributed by atoms with Crippen LogP contribution in [0.25, 0.3) is 0 Å². The van der Waals surface area contributed by atoms with Gasteiger partial charge in [-0.2, -0.15) is 0 Å². The summed E-state index contributed by atoms with van der Waals surface area (Å²) < 4.78 is 5.50. The van der Waals surface area contributed by atoms with Crippen LogP contribution in [0.5, 0.6) is 5.75 Å². The summed E-state index contributed by atoms with van der Waals surface area (Å²) in [6.07, 6.45) is 0.214. The number of ether oxygens (including phenoxy) is 1. The number of likely N-dealkylation sites (tertiary alicyclic amines) is 1. The largest absolute Gasteiger partial charge is 0.426 e. The van der Waals surface area contributed by atoms with Crippen molar-refractivity contribution < 1.29 is 14.3 Å². The molecule has 2 aromatic carbocycles. The molecule has 4 nitrogen and oxygen atoms in total. The van der Waals surface area contributed by atoms with Gasteiger partial charge in [-0.1, -0.05) is 63.2 Å². The minimum Gasteiger partial charge on any atom is -0.426 e. The highest BCUT2D eigenvalue weighted by atomic mass is 16.5. The van der Waals surface area contributed by atoms with Crippen molar-refractivity contribution in [3.05, 3.63) is 65.7 Å². The molecule has 1 atom stereocenters. The van der Waals surface area contributed by atoms with Crippen LogP contribution in [0.1, 0.15) is 38.3 Å². The number of hydrogen-bond acceptors (Lipinski definition) is 3. The number of hydrogen-bond donors (Lipinski definition) is 0. The molecule has 2 aromatic rings. The van der Waals surface area contributed by atoms with E-state index in [0.29, 0.717) is 18.8 Å². The van der Waals surface area contributed by atoms with Crippen molar-refractivity contribution in [3.63, 3.8) is 0 Å². The highest BCUT2D eigenvalue weighted by Crippen LogP contribution is 2.26. The molecule has 1 heterocycles. The SMILES string of the molecule is CC(C)(C)c1ccc(OC(=O)[C@H]2CC(=O)N(Cc3ccccc3)C2)cc1. The zero-order valence-electron chi connectivity index (χ0n) is 15.6. The van der Waals surface area contributed by atoms with Crippen LogP contribution >= 0.6 is 0 Å². The second-order valence-electron chi connectivity index (χ2n) is 7.86. The van der Waals surface area contributed by atoms with Gasteiger partial charge in [0.2, 0.25) is 5.91 Å². The van der Waals surface area contributed by atoms with E-state index in [2.05, 4.69) is 20.8 Å². The van der Waals surface area contributed by atoms with Gasteiger partial charge >= 0.3 is 5.97 Å². The quantitative estimate of drug-likeness (QED) is 0.619. The summed E-state index contributed by atoms with van der Waals surface area (Å²) in [7, 11) is 0. The maximum Gasteiger partial charge on any atom is 0.316 e. The first-order valence-electron chi connectivity index (χ1n) is 8.97. The number of carbonyl (C=O) groups is 2. The number of amides is 1. The van der Waals surface area contributed by atoms with E-state index in [0.717, 1.165) is 5.56 Å². The summed E-state index contributed by atoms with van der Waals surface area (Å²) in [5.74, 6) is -0.221. The summed E-state index contributed by atoms with van der Waals surface area (Å²) in [5, 5.41) is 0. The van der Waals surface area contributed by atoms with Crippen LogP contribution in [-0.4, -0.2) is 23.3 Å². The van der Waals surface area contributed by atoms with E-state index in [9.17, 15) is 9.59 Å². The number of esters is 1. The van der Waals surface area contributed by atoms with Crippen LogP contribution in [0.3, 0.4) is 0 Å². The average Bonchev–Trinajstić information content (AvgIpc) is 2.96. The Balaban J connectivity index is 1.59. The molecule has 1 saturated heterocycles. The van der Waals surface area contributed by atoms with Crippen LogP contribution < -0.4 is 4.74 Å². The third kappa shape index (κ3) is 4.31. The molecule has 26 heavy (non-hydrogen) atoms. The molecule has 0 spiro atoms. The summed E-state index contributed by atoms with van der Waals surface area (Å²) in [4.78, 5) is 26.4. The lowest BCUT2D eigenvalue weighted by Gasteiger charge is -2.19. The Hall–Kier alpha value is -2.62. The molecule has 1 fully saturated rings. The number of benzene rings is 2. The van der Waals surface area contributed by atoms with Gasteiger partial charge in [-0.3, -0.25) is 9.59 Å². The summed E-state index contributed by atoms with van der Waals surface area (Å²) in [6.45, 7) is 7.36. The van der Waals surface area contributed by atoms with Crippen LogP contribution in [-0.2, 0) is 21.5 Å². The smallest absolute Gasteiger partial charge is 0.316 e. The highest BCUT2D eigenvalue weighted by Gasteiger charge is 2.35. The predicted molar refractivity (Wildman–Crippen MR) is 101 cm³/mol. The molecular weight excluding hydrogens is 326 g/mol. The van der Waals surface area contributed by atoms with Gasteiger partial charge in [0.25, 0.3) is 0 Å². The van der Waals surface area contributed by atoms with E-state index in [4.69, 9.17) is 4.74 Å². The molecule has 136 valence electrons. The second-order valence-corrected chi connectivity index (χ2v) is 7.86. The third-order valence-corrected chi connectivity index (χ3v) is 4.70. The molecule has 1 aliphatic heterocycles. The molecule has 3 rings (SSSR count). The molecule has 4 heteroatoms. The Bertz CT molecular complexity index is 775. The van der Waals surface area contributed by atoms with E-state index >= 15 is 0 Å². The van der Waals surface area contributed by atoms with Gasteiger partial charge in [-0.25, -0.2) is 0 Å². The topological polar surface area (TPSA) is 46.6 Å². The fraction of sp³-hybridized carbons (Fsp3) is 0.364. The lowest BCUT2D eigenvalue weighted by Crippen LogP contribution is -2.27. The van der Waals surface area contributed by atoms with Crippen molar-refractivity contribution in [1.82, 2.24) is 4.90 Å². The molecule has 0 unspecified atom stereocenters. The summed E-state index contributed by atoms with van der Waals surface area (Å²) in [5.41, 5.74) is 2.30. The Morgan fingerprint density at radius 2 is 1.73 bits per heavy atom. The van der Waals surface area contributed by atoms with Crippen molar-refractivity contribution in [2.75, 3.05) is 6.54 Å². The maximum atomic E-state index is 12.4. The van der Waals surface area contributed by atoms with Gasteiger partial charge in [0.1, 0.15) is 5.75 Å². The summed E-state index contributed by atoms with van der Waals surface area (Å²) in [6, 6.07) is 17.4. The van der Waals surface area contributed by atoms with E-state index in [-0.39, 0.29) is 23.7 Å². The van der Waals surface area contributed by atoms with Gasteiger partial charge < -0.3 is 9.64 Å². The Kier molecular flexibility index (Phi) is 5.12. The fourth-order valence-electron chi connectivity index (χ4n) is 3.11. The lowest BCUT2D eigenvalue weighted by molar-refractivity contribution is -0.139. The number of rotatable bonds is 4. The number of nitrogens with zero attached hydrogens (tertiary/aromatic N) is 1. The van der Waals surface area contributed by atoms with E-state index < -0.39 is 5.92 Å². The van der Waals surface area contributed by atoms with Crippen molar-refractivity contribution in [1.29, 1.82) is 0 Å². The van der Waals surface area contributed by atoms with Gasteiger partial charge in [-0.15, -0.1) is 0 Å². The number of carbonyl (C=O) groups excluding carboxylic acids is 2. The van der Waals surface area contributed by atoms with E-state index in [1.165, 1.54) is 5.56 Å². The van der Waals surface area contributed by atoms with Gasteiger partial charge in [-0.05, 0) is 28.7 Å². The molecule has 0 N–H and O–H groups in total. The Labute approximate surface area is 154 Å². The van der Waals surface area contributed by atoms with Crippen molar-refractivity contribution >= 4 is 11.9 Å². The monoisotopic (exact) mass is 351 g/mol. The molecule has 0 aliphatic carbocycles. The second kappa shape index (κ2) is 7.32. The minimum absolute atomic E-state index is 0.00103. The predicted octanol–water partition coefficient (Wildman–Crippen LogP) is 3.94. The molecular formula is C22H25NO3. The van der Waals surface area contributed by atoms with Crippen LogP contribution in [0.15, 0.2) is 54.6 Å². The molecule has 0 aromatic heterocycles. The standard InChI is InChI=1S/C22H25NO3/c1-22(2,3)18-9-11-19(12-10-18)26-21(25)17-13-20(24)23(15-17)14-16-7-5-4-6-8-16/h4-12,17H,13-15H2,1-3H3/t17-/m0/s1. The van der Waals surface area contributed by atoms with Crippen LogP contribution in [0, 0.1) is 5.92 Å². The third-order valence-electron chi connectivity index (χ3n) is 4.70. The molecule has 0 saturated carbocycles. The van der Waals surface area contributed by atoms with Gasteiger partial charge in [0, 0.05) is 19.5 Å². The van der Waals surface area contributed by atoms with Gasteiger partial charge in [0.05, 0.1) is 5.92 Å². The average molecular weight is 351 g/mol. The Morgan fingerprint density at radius 3 is 2.35 bits per heavy atom. The molecule has 1 aliphatic rings. The van der Waals surface area contributed by atoms with Crippen molar-refractivity contribution in [3.8, 4) is 5.75 Å². The van der Waals surface area contributed by atoms with Gasteiger partial charge in [0.15, 0.2) is 0 Å². The minimum atomic E-state index is -0.409. The van der Waals surface area contributed by atoms with Crippen LogP contribution in [0.4, 0.5) is 0 Å². The molecule has 1 amide bonds. The first-order chi connectivity index (χ1) is 12.3. The molecule has 0 bridgehead atoms.